The predicted molar refractivity (Wildman–Crippen MR) is 108 cm³/mol. The lowest BCUT2D eigenvalue weighted by atomic mass is 9.84. The van der Waals surface area contributed by atoms with Crippen LogP contribution in [0.3, 0.4) is 0 Å². The highest BCUT2D eigenvalue weighted by Gasteiger charge is 2.47. The van der Waals surface area contributed by atoms with Crippen LogP contribution in [0.2, 0.25) is 0 Å². The van der Waals surface area contributed by atoms with Crippen LogP contribution < -0.4 is 4.74 Å². The van der Waals surface area contributed by atoms with E-state index in [1.165, 1.54) is 4.90 Å². The van der Waals surface area contributed by atoms with Crippen LogP contribution in [0.5, 0.6) is 5.75 Å². The fourth-order valence-corrected chi connectivity index (χ4v) is 5.43. The maximum atomic E-state index is 12.8. The third kappa shape index (κ3) is 2.83. The van der Waals surface area contributed by atoms with E-state index in [0.29, 0.717) is 25.9 Å². The first-order chi connectivity index (χ1) is 13.1. The molecule has 2 aromatic rings. The highest BCUT2D eigenvalue weighted by Crippen LogP contribution is 2.48. The number of benzene rings is 1. The van der Waals surface area contributed by atoms with Crippen molar-refractivity contribution in [1.29, 1.82) is 0 Å². The summed E-state index contributed by atoms with van der Waals surface area (Å²) in [6.45, 7) is 7.20. The first-order valence-electron chi connectivity index (χ1n) is 9.50. The largest absolute Gasteiger partial charge is 0.479 e. The molecule has 150 valence electrons. The molecule has 7 heteroatoms. The Morgan fingerprint density at radius 2 is 1.86 bits per heavy atom. The molecule has 1 unspecified atom stereocenters. The lowest BCUT2D eigenvalue weighted by molar-refractivity contribution is -0.00958. The molecule has 1 spiro atoms. The number of para-hydroxylation sites is 2. The third-order valence-electron chi connectivity index (χ3n) is 5.76. The summed E-state index contributed by atoms with van der Waals surface area (Å²) < 4.78 is 21.5. The monoisotopic (exact) mass is 402 g/mol. The van der Waals surface area contributed by atoms with Crippen LogP contribution in [0.15, 0.2) is 35.4 Å². The lowest BCUT2D eigenvalue weighted by Gasteiger charge is -2.44. The van der Waals surface area contributed by atoms with Gasteiger partial charge in [0.1, 0.15) is 10.8 Å². The van der Waals surface area contributed by atoms with Crippen LogP contribution in [-0.4, -0.2) is 44.2 Å². The van der Waals surface area contributed by atoms with E-state index in [0.717, 1.165) is 27.7 Å². The highest BCUT2D eigenvalue weighted by molar-refractivity contribution is 7.84. The summed E-state index contributed by atoms with van der Waals surface area (Å²) in [7, 11) is -1.19. The second kappa shape index (κ2) is 6.37. The molecule has 0 aliphatic carbocycles. The number of hydrogen-bond donors (Lipinski definition) is 1. The number of aromatic nitrogens is 1. The Morgan fingerprint density at radius 3 is 2.43 bits per heavy atom. The Morgan fingerprint density at radius 1 is 1.21 bits per heavy atom. The average molecular weight is 403 g/mol. The Balaban J connectivity index is 1.95. The summed E-state index contributed by atoms with van der Waals surface area (Å²) in [5, 5.41) is 10.1. The molecule has 1 saturated heterocycles. The zero-order valence-corrected chi connectivity index (χ0v) is 17.5. The fourth-order valence-electron chi connectivity index (χ4n) is 4.30. The maximum absolute atomic E-state index is 12.8. The number of carbonyl (C=O) groups is 1. The third-order valence-corrected chi connectivity index (χ3v) is 6.70. The van der Waals surface area contributed by atoms with Gasteiger partial charge in [-0.15, -0.1) is 0 Å². The van der Waals surface area contributed by atoms with E-state index in [9.17, 15) is 14.1 Å². The van der Waals surface area contributed by atoms with Crippen LogP contribution in [0.25, 0.3) is 5.69 Å². The number of ether oxygens (including phenoxy) is 1. The van der Waals surface area contributed by atoms with Gasteiger partial charge in [-0.3, -0.25) is 8.78 Å². The Bertz CT molecular complexity index is 965. The van der Waals surface area contributed by atoms with E-state index in [1.54, 1.807) is 6.26 Å². The molecule has 3 heterocycles. The van der Waals surface area contributed by atoms with Gasteiger partial charge in [-0.1, -0.05) is 32.9 Å². The quantitative estimate of drug-likeness (QED) is 0.786. The van der Waals surface area contributed by atoms with E-state index in [2.05, 4.69) is 31.4 Å². The van der Waals surface area contributed by atoms with Gasteiger partial charge >= 0.3 is 6.09 Å². The van der Waals surface area contributed by atoms with Gasteiger partial charge in [-0.25, -0.2) is 4.79 Å². The van der Waals surface area contributed by atoms with Crippen molar-refractivity contribution in [3.8, 4) is 11.4 Å². The second-order valence-electron chi connectivity index (χ2n) is 8.62. The van der Waals surface area contributed by atoms with Gasteiger partial charge < -0.3 is 14.7 Å². The van der Waals surface area contributed by atoms with Crippen LogP contribution in [0.4, 0.5) is 4.79 Å². The van der Waals surface area contributed by atoms with Crippen molar-refractivity contribution in [2.75, 3.05) is 19.3 Å². The summed E-state index contributed by atoms with van der Waals surface area (Å²) in [6.07, 6.45) is 1.95. The molecule has 0 bridgehead atoms. The summed E-state index contributed by atoms with van der Waals surface area (Å²) in [6, 6.07) is 9.93. The number of likely N-dealkylation sites (tertiary alicyclic amines) is 1. The minimum absolute atomic E-state index is 0.177. The van der Waals surface area contributed by atoms with Crippen molar-refractivity contribution < 1.29 is 18.8 Å². The number of nitrogens with zero attached hydrogens (tertiary/aromatic N) is 2. The number of amides is 1. The van der Waals surface area contributed by atoms with Crippen molar-refractivity contribution in [1.82, 2.24) is 9.47 Å². The van der Waals surface area contributed by atoms with Crippen LogP contribution in [0, 0.1) is 0 Å². The molecule has 1 aromatic heterocycles. The fraction of sp³-hybridized carbons (Fsp3) is 0.476. The molecule has 2 aliphatic rings. The smallest absolute Gasteiger partial charge is 0.407 e. The minimum atomic E-state index is -1.19. The van der Waals surface area contributed by atoms with Crippen molar-refractivity contribution >= 4 is 16.9 Å². The second-order valence-corrected chi connectivity index (χ2v) is 9.92. The van der Waals surface area contributed by atoms with E-state index < -0.39 is 22.5 Å². The van der Waals surface area contributed by atoms with E-state index in [4.69, 9.17) is 4.74 Å². The molecule has 6 nitrogen and oxygen atoms in total. The zero-order valence-electron chi connectivity index (χ0n) is 16.7. The predicted octanol–water partition coefficient (Wildman–Crippen LogP) is 3.87. The standard InChI is InChI=1S/C21H26N2O4S/c1-20(2,3)14-13-17-21(9-11-22(12-10-21)19(24)25)27-16-8-6-5-7-15(16)23(17)18(14)28(4)26/h5-8,13H,9-12H2,1-4H3,(H,24,25). The van der Waals surface area contributed by atoms with Crippen molar-refractivity contribution in [3.05, 3.63) is 41.6 Å². The zero-order chi connectivity index (χ0) is 20.3. The minimum Gasteiger partial charge on any atom is -0.479 e. The molecule has 1 atom stereocenters. The summed E-state index contributed by atoms with van der Waals surface area (Å²) in [5.74, 6) is 0.751. The van der Waals surface area contributed by atoms with Gasteiger partial charge in [0.05, 0.1) is 22.2 Å². The Hall–Kier alpha value is -2.28. The van der Waals surface area contributed by atoms with Gasteiger partial charge in [-0.2, -0.15) is 0 Å². The molecule has 4 rings (SSSR count). The van der Waals surface area contributed by atoms with E-state index >= 15 is 0 Å². The molecule has 1 fully saturated rings. The Labute approximate surface area is 167 Å². The maximum Gasteiger partial charge on any atom is 0.407 e. The average Bonchev–Trinajstić information content (AvgIpc) is 3.05. The summed E-state index contributed by atoms with van der Waals surface area (Å²) in [4.78, 5) is 12.8. The number of rotatable bonds is 1. The first kappa shape index (κ1) is 19.1. The molecule has 0 saturated carbocycles. The van der Waals surface area contributed by atoms with E-state index in [-0.39, 0.29) is 5.41 Å². The van der Waals surface area contributed by atoms with Crippen molar-refractivity contribution in [3.63, 3.8) is 0 Å². The van der Waals surface area contributed by atoms with Crippen molar-refractivity contribution in [2.45, 2.75) is 49.7 Å². The molecule has 1 amide bonds. The SMILES string of the molecule is CS(=O)c1c(C(C)(C)C)cc2n1-c1ccccc1OC21CCN(C(=O)O)CC1. The molecular formula is C21H26N2O4S. The molecule has 0 radical (unpaired) electrons. The molecule has 2 aliphatic heterocycles. The number of fused-ring (bicyclic) bond motifs is 4. The molecular weight excluding hydrogens is 376 g/mol. The first-order valence-corrected chi connectivity index (χ1v) is 11.1. The van der Waals surface area contributed by atoms with Crippen LogP contribution >= 0.6 is 0 Å². The van der Waals surface area contributed by atoms with E-state index in [1.807, 2.05) is 24.3 Å². The topological polar surface area (TPSA) is 71.8 Å². The van der Waals surface area contributed by atoms with Gasteiger partial charge in [0.2, 0.25) is 0 Å². The van der Waals surface area contributed by atoms with Crippen LogP contribution in [-0.2, 0) is 21.8 Å². The summed E-state index contributed by atoms with van der Waals surface area (Å²) >= 11 is 0. The number of piperidine rings is 1. The lowest BCUT2D eigenvalue weighted by Crippen LogP contribution is -2.49. The molecule has 28 heavy (non-hydrogen) atoms. The molecule has 1 N–H and O–H groups in total. The van der Waals surface area contributed by atoms with Crippen molar-refractivity contribution in [2.24, 2.45) is 0 Å². The number of carboxylic acid groups (broad SMARTS) is 1. The highest BCUT2D eigenvalue weighted by atomic mass is 32.2. The van der Waals surface area contributed by atoms with Gasteiger partial charge in [-0.05, 0) is 29.2 Å². The number of hydrogen-bond acceptors (Lipinski definition) is 3. The van der Waals surface area contributed by atoms with Gasteiger partial charge in [0, 0.05) is 32.2 Å². The van der Waals surface area contributed by atoms with Crippen LogP contribution in [0.1, 0.15) is 44.9 Å². The summed E-state index contributed by atoms with van der Waals surface area (Å²) in [5.41, 5.74) is 2.13. The van der Waals surface area contributed by atoms with Gasteiger partial charge in [0.15, 0.2) is 5.60 Å². The van der Waals surface area contributed by atoms with Gasteiger partial charge in [0.25, 0.3) is 0 Å². The Kier molecular flexibility index (Phi) is 4.34. The molecule has 1 aromatic carbocycles. The normalized spacial score (nSPS) is 18.9.